The number of nitrogens with zero attached hydrogens (tertiary/aromatic N) is 2. The van der Waals surface area contributed by atoms with E-state index in [-0.39, 0.29) is 0 Å². The molecule has 0 aromatic heterocycles. The quantitative estimate of drug-likeness (QED) is 0.770. The number of fused-ring (bicyclic) bond motifs is 1. The highest BCUT2D eigenvalue weighted by Crippen LogP contribution is 2.21. The molecule has 3 heteroatoms. The molecule has 2 aliphatic rings. The normalized spacial score (nSPS) is 29.6. The van der Waals surface area contributed by atoms with Crippen molar-refractivity contribution in [1.82, 2.24) is 15.1 Å². The number of hydrogen-bond acceptors (Lipinski definition) is 3. The van der Waals surface area contributed by atoms with Crippen LogP contribution in [-0.4, -0.2) is 61.7 Å². The minimum atomic E-state index is 0.646. The maximum atomic E-state index is 3.45. The molecule has 0 bridgehead atoms. The summed E-state index contributed by atoms with van der Waals surface area (Å²) in [6, 6.07) is 1.51. The molecule has 2 heterocycles. The predicted molar refractivity (Wildman–Crippen MR) is 68.7 cm³/mol. The van der Waals surface area contributed by atoms with E-state index in [4.69, 9.17) is 0 Å². The molecule has 0 aromatic rings. The minimum absolute atomic E-state index is 0.646. The monoisotopic (exact) mass is 225 g/mol. The molecular formula is C13H27N3. The van der Waals surface area contributed by atoms with Crippen molar-refractivity contribution in [3.63, 3.8) is 0 Å². The van der Waals surface area contributed by atoms with Crippen molar-refractivity contribution in [1.29, 1.82) is 0 Å². The van der Waals surface area contributed by atoms with E-state index in [9.17, 15) is 0 Å². The van der Waals surface area contributed by atoms with Crippen molar-refractivity contribution >= 4 is 0 Å². The van der Waals surface area contributed by atoms with Gasteiger partial charge >= 0.3 is 0 Å². The average Bonchev–Trinajstić information content (AvgIpc) is 2.72. The van der Waals surface area contributed by atoms with Gasteiger partial charge in [-0.15, -0.1) is 0 Å². The largest absolute Gasteiger partial charge is 0.315 e. The number of hydrogen-bond donors (Lipinski definition) is 1. The van der Waals surface area contributed by atoms with Gasteiger partial charge in [-0.2, -0.15) is 0 Å². The highest BCUT2D eigenvalue weighted by Gasteiger charge is 2.31. The molecule has 3 nitrogen and oxygen atoms in total. The van der Waals surface area contributed by atoms with Gasteiger partial charge in [-0.3, -0.25) is 9.80 Å². The fourth-order valence-electron chi connectivity index (χ4n) is 3.13. The van der Waals surface area contributed by atoms with Crippen LogP contribution in [0.25, 0.3) is 0 Å². The van der Waals surface area contributed by atoms with Crippen LogP contribution in [0.4, 0.5) is 0 Å². The van der Waals surface area contributed by atoms with Crippen molar-refractivity contribution in [2.45, 2.75) is 38.8 Å². The molecular weight excluding hydrogens is 198 g/mol. The zero-order chi connectivity index (χ0) is 11.5. The first kappa shape index (κ1) is 12.3. The molecule has 2 saturated heterocycles. The number of piperazine rings is 1. The second-order valence-corrected chi connectivity index (χ2v) is 5.73. The van der Waals surface area contributed by atoms with Crippen LogP contribution in [0.3, 0.4) is 0 Å². The molecule has 2 unspecified atom stereocenters. The van der Waals surface area contributed by atoms with Gasteiger partial charge in [-0.1, -0.05) is 13.8 Å². The molecule has 2 fully saturated rings. The van der Waals surface area contributed by atoms with Gasteiger partial charge in [-0.05, 0) is 32.4 Å². The summed E-state index contributed by atoms with van der Waals surface area (Å²) in [5.74, 6) is 0.728. The summed E-state index contributed by atoms with van der Waals surface area (Å²) in [7, 11) is 2.09. The maximum Gasteiger partial charge on any atom is 0.0224 e. The Bertz CT molecular complexity index is 217. The summed E-state index contributed by atoms with van der Waals surface area (Å²) in [4.78, 5) is 5.34. The van der Waals surface area contributed by atoms with Crippen molar-refractivity contribution < 1.29 is 0 Å². The van der Waals surface area contributed by atoms with E-state index >= 15 is 0 Å². The first-order valence-corrected chi connectivity index (χ1v) is 6.84. The van der Waals surface area contributed by atoms with E-state index in [1.165, 1.54) is 45.6 Å². The highest BCUT2D eigenvalue weighted by atomic mass is 15.3. The summed E-state index contributed by atoms with van der Waals surface area (Å²) < 4.78 is 0. The standard InChI is InChI=1S/C13H27N3/c1-11(2)13(14-3)10-15-7-8-16-6-4-5-12(16)9-15/h11-14H,4-10H2,1-3H3. The molecule has 16 heavy (non-hydrogen) atoms. The van der Waals surface area contributed by atoms with Gasteiger partial charge in [0.2, 0.25) is 0 Å². The van der Waals surface area contributed by atoms with E-state index in [2.05, 4.69) is 36.0 Å². The smallest absolute Gasteiger partial charge is 0.0224 e. The van der Waals surface area contributed by atoms with E-state index < -0.39 is 0 Å². The van der Waals surface area contributed by atoms with Crippen molar-refractivity contribution in [3.8, 4) is 0 Å². The van der Waals surface area contributed by atoms with Crippen molar-refractivity contribution in [2.75, 3.05) is 39.8 Å². The third kappa shape index (κ3) is 2.76. The Balaban J connectivity index is 1.82. The Morgan fingerprint density at radius 2 is 2.06 bits per heavy atom. The van der Waals surface area contributed by atoms with Crippen LogP contribution in [0.1, 0.15) is 26.7 Å². The zero-order valence-electron chi connectivity index (χ0n) is 11.1. The van der Waals surface area contributed by atoms with E-state index in [0.29, 0.717) is 6.04 Å². The van der Waals surface area contributed by atoms with Crippen molar-refractivity contribution in [3.05, 3.63) is 0 Å². The molecule has 1 N–H and O–H groups in total. The lowest BCUT2D eigenvalue weighted by Crippen LogP contribution is -2.53. The van der Waals surface area contributed by atoms with E-state index in [1.54, 1.807) is 0 Å². The fourth-order valence-corrected chi connectivity index (χ4v) is 3.13. The first-order valence-electron chi connectivity index (χ1n) is 6.84. The lowest BCUT2D eigenvalue weighted by molar-refractivity contribution is 0.0922. The second kappa shape index (κ2) is 5.48. The third-order valence-electron chi connectivity index (χ3n) is 4.30. The molecule has 0 amide bonds. The van der Waals surface area contributed by atoms with Crippen LogP contribution >= 0.6 is 0 Å². The SMILES string of the molecule is CNC(CN1CCN2CCCC2C1)C(C)C. The topological polar surface area (TPSA) is 18.5 Å². The summed E-state index contributed by atoms with van der Waals surface area (Å²) in [5, 5.41) is 3.45. The lowest BCUT2D eigenvalue weighted by Gasteiger charge is -2.39. The van der Waals surface area contributed by atoms with Crippen molar-refractivity contribution in [2.24, 2.45) is 5.92 Å². The molecule has 0 aliphatic carbocycles. The molecule has 0 radical (unpaired) electrons. The molecule has 94 valence electrons. The Hall–Kier alpha value is -0.120. The minimum Gasteiger partial charge on any atom is -0.315 e. The molecule has 0 saturated carbocycles. The average molecular weight is 225 g/mol. The Labute approximate surface area is 100 Å². The molecule has 0 spiro atoms. The summed E-state index contributed by atoms with van der Waals surface area (Å²) in [5.41, 5.74) is 0. The van der Waals surface area contributed by atoms with Gasteiger partial charge in [0.25, 0.3) is 0 Å². The Morgan fingerprint density at radius 3 is 2.75 bits per heavy atom. The number of rotatable bonds is 4. The van der Waals surface area contributed by atoms with Crippen LogP contribution < -0.4 is 5.32 Å². The highest BCUT2D eigenvalue weighted by molar-refractivity contribution is 4.88. The number of nitrogens with one attached hydrogen (secondary N) is 1. The molecule has 2 atom stereocenters. The third-order valence-corrected chi connectivity index (χ3v) is 4.30. The second-order valence-electron chi connectivity index (χ2n) is 5.73. The molecule has 2 aliphatic heterocycles. The zero-order valence-corrected chi connectivity index (χ0v) is 11.1. The van der Waals surface area contributed by atoms with Crippen LogP contribution in [-0.2, 0) is 0 Å². The van der Waals surface area contributed by atoms with Crippen LogP contribution in [0, 0.1) is 5.92 Å². The first-order chi connectivity index (χ1) is 7.70. The Kier molecular flexibility index (Phi) is 4.22. The van der Waals surface area contributed by atoms with E-state index in [1.807, 2.05) is 0 Å². The van der Waals surface area contributed by atoms with E-state index in [0.717, 1.165) is 12.0 Å². The predicted octanol–water partition coefficient (Wildman–Crippen LogP) is 1.01. The fraction of sp³-hybridized carbons (Fsp3) is 1.00. The molecule has 2 rings (SSSR count). The van der Waals surface area contributed by atoms with Gasteiger partial charge < -0.3 is 5.32 Å². The Morgan fingerprint density at radius 1 is 1.25 bits per heavy atom. The van der Waals surface area contributed by atoms with Crippen LogP contribution in [0.2, 0.25) is 0 Å². The van der Waals surface area contributed by atoms with Crippen LogP contribution in [0.5, 0.6) is 0 Å². The summed E-state index contributed by atoms with van der Waals surface area (Å²) >= 11 is 0. The van der Waals surface area contributed by atoms with Gasteiger partial charge in [0, 0.05) is 38.3 Å². The van der Waals surface area contributed by atoms with Gasteiger partial charge in [0.15, 0.2) is 0 Å². The van der Waals surface area contributed by atoms with Gasteiger partial charge in [-0.25, -0.2) is 0 Å². The lowest BCUT2D eigenvalue weighted by atomic mass is 10.0. The maximum absolute atomic E-state index is 3.45. The molecule has 0 aromatic carbocycles. The summed E-state index contributed by atoms with van der Waals surface area (Å²) in [6.45, 7) is 11.0. The van der Waals surface area contributed by atoms with Gasteiger partial charge in [0.1, 0.15) is 0 Å². The van der Waals surface area contributed by atoms with Crippen LogP contribution in [0.15, 0.2) is 0 Å². The summed E-state index contributed by atoms with van der Waals surface area (Å²) in [6.07, 6.45) is 2.83. The number of likely N-dealkylation sites (N-methyl/N-ethyl adjacent to an activating group) is 1. The van der Waals surface area contributed by atoms with Gasteiger partial charge in [0.05, 0.1) is 0 Å².